The summed E-state index contributed by atoms with van der Waals surface area (Å²) in [5, 5.41) is 16.2. The Balaban J connectivity index is 2.30. The highest BCUT2D eigenvalue weighted by atomic mass is 35.5. The van der Waals surface area contributed by atoms with E-state index in [0.29, 0.717) is 5.02 Å². The van der Waals surface area contributed by atoms with Gasteiger partial charge in [-0.15, -0.1) is 0 Å². The van der Waals surface area contributed by atoms with E-state index in [1.54, 1.807) is 18.3 Å². The second-order valence-corrected chi connectivity index (χ2v) is 4.37. The molecular weight excluding hydrogens is 254 g/mol. The van der Waals surface area contributed by atoms with Gasteiger partial charge in [0.2, 0.25) is 0 Å². The molecule has 18 heavy (non-hydrogen) atoms. The number of benzene rings is 1. The Labute approximate surface area is 109 Å². The fraction of sp³-hybridized carbons (Fsp3) is 0.167. The van der Waals surface area contributed by atoms with Gasteiger partial charge in [0.05, 0.1) is 11.9 Å². The van der Waals surface area contributed by atoms with Gasteiger partial charge in [-0.1, -0.05) is 23.7 Å². The molecule has 4 N–H and O–H groups in total. The second kappa shape index (κ2) is 5.20. The van der Waals surface area contributed by atoms with Crippen molar-refractivity contribution in [3.8, 4) is 11.3 Å². The molecule has 1 atom stereocenters. The number of hydrogen-bond acceptors (Lipinski definition) is 3. The normalized spacial score (nSPS) is 12.3. The fourth-order valence-electron chi connectivity index (χ4n) is 1.68. The van der Waals surface area contributed by atoms with Crippen LogP contribution in [-0.4, -0.2) is 27.3 Å². The topological polar surface area (TPSA) is 92.0 Å². The number of aromatic amines is 1. The van der Waals surface area contributed by atoms with Crippen molar-refractivity contribution in [2.75, 3.05) is 0 Å². The molecule has 6 heteroatoms. The largest absolute Gasteiger partial charge is 0.480 e. The van der Waals surface area contributed by atoms with Crippen molar-refractivity contribution in [3.63, 3.8) is 0 Å². The van der Waals surface area contributed by atoms with E-state index in [0.717, 1.165) is 16.8 Å². The molecule has 1 unspecified atom stereocenters. The highest BCUT2D eigenvalue weighted by Gasteiger charge is 2.16. The van der Waals surface area contributed by atoms with Crippen LogP contribution >= 0.6 is 11.6 Å². The molecule has 1 heterocycles. The summed E-state index contributed by atoms with van der Waals surface area (Å²) in [6, 6.07) is 6.30. The number of nitrogens with one attached hydrogen (secondary N) is 1. The van der Waals surface area contributed by atoms with Crippen molar-refractivity contribution >= 4 is 17.6 Å². The fourth-order valence-corrected chi connectivity index (χ4v) is 1.87. The summed E-state index contributed by atoms with van der Waals surface area (Å²) in [6.07, 6.45) is 1.80. The number of carboxylic acid groups (broad SMARTS) is 1. The average Bonchev–Trinajstić information content (AvgIpc) is 2.77. The van der Waals surface area contributed by atoms with Crippen molar-refractivity contribution in [1.82, 2.24) is 10.2 Å². The minimum atomic E-state index is -1.03. The van der Waals surface area contributed by atoms with Gasteiger partial charge in [-0.25, -0.2) is 0 Å². The maximum atomic E-state index is 10.8. The van der Waals surface area contributed by atoms with Gasteiger partial charge < -0.3 is 10.8 Å². The molecule has 1 aromatic heterocycles. The highest BCUT2D eigenvalue weighted by Crippen LogP contribution is 2.24. The number of carboxylic acids is 1. The van der Waals surface area contributed by atoms with E-state index in [1.807, 2.05) is 12.1 Å². The monoisotopic (exact) mass is 265 g/mol. The molecule has 0 radical (unpaired) electrons. The van der Waals surface area contributed by atoms with Crippen LogP contribution in [0.25, 0.3) is 11.3 Å². The first-order valence-electron chi connectivity index (χ1n) is 5.34. The van der Waals surface area contributed by atoms with Crippen LogP contribution in [0.1, 0.15) is 5.56 Å². The third kappa shape index (κ3) is 2.69. The predicted molar refractivity (Wildman–Crippen MR) is 68.3 cm³/mol. The third-order valence-corrected chi connectivity index (χ3v) is 2.82. The number of halogens is 1. The van der Waals surface area contributed by atoms with Gasteiger partial charge in [0.1, 0.15) is 6.04 Å². The van der Waals surface area contributed by atoms with Gasteiger partial charge in [0.15, 0.2) is 0 Å². The first-order valence-corrected chi connectivity index (χ1v) is 5.72. The molecule has 0 aliphatic heterocycles. The second-order valence-electron chi connectivity index (χ2n) is 3.93. The van der Waals surface area contributed by atoms with Crippen molar-refractivity contribution in [3.05, 3.63) is 41.0 Å². The van der Waals surface area contributed by atoms with Crippen LogP contribution < -0.4 is 5.73 Å². The number of aromatic nitrogens is 2. The quantitative estimate of drug-likeness (QED) is 0.784. The molecule has 0 saturated carbocycles. The Bertz CT molecular complexity index is 568. The summed E-state index contributed by atoms with van der Waals surface area (Å²) in [5.74, 6) is -1.03. The van der Waals surface area contributed by atoms with E-state index >= 15 is 0 Å². The Hall–Kier alpha value is -1.85. The van der Waals surface area contributed by atoms with Gasteiger partial charge in [0, 0.05) is 17.0 Å². The summed E-state index contributed by atoms with van der Waals surface area (Å²) in [7, 11) is 0. The van der Waals surface area contributed by atoms with E-state index in [9.17, 15) is 4.79 Å². The lowest BCUT2D eigenvalue weighted by atomic mass is 10.0. The lowest BCUT2D eigenvalue weighted by Crippen LogP contribution is -2.32. The van der Waals surface area contributed by atoms with Crippen LogP contribution in [0.2, 0.25) is 5.02 Å². The number of hydrogen-bond donors (Lipinski definition) is 3. The molecule has 0 aliphatic rings. The van der Waals surface area contributed by atoms with Gasteiger partial charge >= 0.3 is 5.97 Å². The van der Waals surface area contributed by atoms with Crippen LogP contribution in [0.3, 0.4) is 0 Å². The van der Waals surface area contributed by atoms with Crippen LogP contribution in [0.4, 0.5) is 0 Å². The van der Waals surface area contributed by atoms with Gasteiger partial charge in [-0.3, -0.25) is 9.89 Å². The SMILES string of the molecule is NC(Cc1cn[nH]c1-c1cccc(Cl)c1)C(=O)O. The lowest BCUT2D eigenvalue weighted by molar-refractivity contribution is -0.138. The third-order valence-electron chi connectivity index (χ3n) is 2.59. The highest BCUT2D eigenvalue weighted by molar-refractivity contribution is 6.30. The summed E-state index contributed by atoms with van der Waals surface area (Å²) >= 11 is 5.92. The molecule has 2 aromatic rings. The smallest absolute Gasteiger partial charge is 0.320 e. The first kappa shape index (κ1) is 12.6. The zero-order chi connectivity index (χ0) is 13.1. The average molecular weight is 266 g/mol. The van der Waals surface area contributed by atoms with E-state index < -0.39 is 12.0 Å². The molecule has 94 valence electrons. The molecule has 0 fully saturated rings. The van der Waals surface area contributed by atoms with Crippen molar-refractivity contribution in [2.24, 2.45) is 5.73 Å². The molecule has 0 bridgehead atoms. The summed E-state index contributed by atoms with van der Waals surface area (Å²) < 4.78 is 0. The number of H-pyrrole nitrogens is 1. The minimum absolute atomic E-state index is 0.216. The summed E-state index contributed by atoms with van der Waals surface area (Å²) in [6.45, 7) is 0. The van der Waals surface area contributed by atoms with Crippen molar-refractivity contribution in [1.29, 1.82) is 0 Å². The molecule has 5 nitrogen and oxygen atoms in total. The standard InChI is InChI=1S/C12H12ClN3O2/c13-9-3-1-2-7(4-9)11-8(6-15-16-11)5-10(14)12(17)18/h1-4,6,10H,5,14H2,(H,15,16)(H,17,18). The summed E-state index contributed by atoms with van der Waals surface area (Å²) in [4.78, 5) is 10.8. The summed E-state index contributed by atoms with van der Waals surface area (Å²) in [5.41, 5.74) is 7.87. The molecule has 0 spiro atoms. The van der Waals surface area contributed by atoms with Crippen LogP contribution in [-0.2, 0) is 11.2 Å². The zero-order valence-electron chi connectivity index (χ0n) is 9.43. The number of nitrogens with zero attached hydrogens (tertiary/aromatic N) is 1. The lowest BCUT2D eigenvalue weighted by Gasteiger charge is -2.07. The Kier molecular flexibility index (Phi) is 3.64. The number of carbonyl (C=O) groups is 1. The first-order chi connectivity index (χ1) is 8.58. The molecule has 1 aromatic carbocycles. The van der Waals surface area contributed by atoms with Crippen molar-refractivity contribution < 1.29 is 9.90 Å². The van der Waals surface area contributed by atoms with Gasteiger partial charge in [0.25, 0.3) is 0 Å². The molecule has 0 saturated heterocycles. The molecule has 0 aliphatic carbocycles. The van der Waals surface area contributed by atoms with Crippen molar-refractivity contribution in [2.45, 2.75) is 12.5 Å². The zero-order valence-corrected chi connectivity index (χ0v) is 10.2. The van der Waals surface area contributed by atoms with Gasteiger partial charge in [-0.2, -0.15) is 5.10 Å². The molecule has 2 rings (SSSR count). The Morgan fingerprint density at radius 2 is 2.33 bits per heavy atom. The van der Waals surface area contributed by atoms with E-state index in [1.165, 1.54) is 0 Å². The molecular formula is C12H12ClN3O2. The van der Waals surface area contributed by atoms with Crippen LogP contribution in [0.5, 0.6) is 0 Å². The number of aliphatic carboxylic acids is 1. The minimum Gasteiger partial charge on any atom is -0.480 e. The molecule has 0 amide bonds. The van der Waals surface area contributed by atoms with E-state index in [4.69, 9.17) is 22.4 Å². The van der Waals surface area contributed by atoms with E-state index in [2.05, 4.69) is 10.2 Å². The Morgan fingerprint density at radius 1 is 1.56 bits per heavy atom. The maximum Gasteiger partial charge on any atom is 0.320 e. The van der Waals surface area contributed by atoms with E-state index in [-0.39, 0.29) is 6.42 Å². The van der Waals surface area contributed by atoms with Crippen LogP contribution in [0, 0.1) is 0 Å². The number of rotatable bonds is 4. The Morgan fingerprint density at radius 3 is 3.00 bits per heavy atom. The van der Waals surface area contributed by atoms with Crippen LogP contribution in [0.15, 0.2) is 30.5 Å². The maximum absolute atomic E-state index is 10.8. The predicted octanol–water partition coefficient (Wildman–Crippen LogP) is 1.68. The number of nitrogens with two attached hydrogens (primary N) is 1. The van der Waals surface area contributed by atoms with Gasteiger partial charge in [-0.05, 0) is 17.7 Å².